The number of carboxylic acid groups (broad SMARTS) is 1. The van der Waals surface area contributed by atoms with Crippen LogP contribution in [0.3, 0.4) is 0 Å². The minimum absolute atomic E-state index is 0.161. The molecule has 0 aliphatic heterocycles. The van der Waals surface area contributed by atoms with Gasteiger partial charge in [-0.25, -0.2) is 0 Å². The zero-order chi connectivity index (χ0) is 16.4. The number of aliphatic carboxylic acids is 1. The second-order valence-corrected chi connectivity index (χ2v) is 5.73. The van der Waals surface area contributed by atoms with Gasteiger partial charge in [-0.15, -0.1) is 0 Å². The summed E-state index contributed by atoms with van der Waals surface area (Å²) in [5, 5.41) is 12.9. The maximum Gasteiger partial charge on any atom is 0.163 e. The number of ketones is 1. The molecule has 0 fully saturated rings. The van der Waals surface area contributed by atoms with Gasteiger partial charge in [-0.1, -0.05) is 29.8 Å². The van der Waals surface area contributed by atoms with Crippen LogP contribution in [0.4, 0.5) is 0 Å². The molecule has 0 aliphatic rings. The van der Waals surface area contributed by atoms with E-state index in [9.17, 15) is 14.7 Å². The number of carboxylic acids is 1. The van der Waals surface area contributed by atoms with E-state index in [2.05, 4.69) is 4.98 Å². The van der Waals surface area contributed by atoms with Crippen molar-refractivity contribution in [1.82, 2.24) is 4.98 Å². The predicted octanol–water partition coefficient (Wildman–Crippen LogP) is 2.93. The van der Waals surface area contributed by atoms with E-state index < -0.39 is 11.9 Å². The van der Waals surface area contributed by atoms with Gasteiger partial charge in [-0.05, 0) is 35.9 Å². The number of aromatic amines is 1. The molecule has 0 radical (unpaired) electrons. The Morgan fingerprint density at radius 3 is 2.48 bits per heavy atom. The van der Waals surface area contributed by atoms with E-state index in [1.807, 2.05) is 24.3 Å². The Balaban J connectivity index is 1.92. The lowest BCUT2D eigenvalue weighted by Crippen LogP contribution is -2.31. The highest BCUT2D eigenvalue weighted by molar-refractivity contribution is 6.30. The van der Waals surface area contributed by atoms with Crippen molar-refractivity contribution in [1.29, 1.82) is 0 Å². The van der Waals surface area contributed by atoms with Crippen molar-refractivity contribution < 1.29 is 14.7 Å². The van der Waals surface area contributed by atoms with Gasteiger partial charge in [0.2, 0.25) is 0 Å². The average molecular weight is 327 g/mol. The second-order valence-electron chi connectivity index (χ2n) is 5.30. The molecule has 1 N–H and O–H groups in total. The number of benzene rings is 2. The van der Waals surface area contributed by atoms with Crippen LogP contribution in [-0.4, -0.2) is 16.7 Å². The minimum atomic E-state index is -1.27. The summed E-state index contributed by atoms with van der Waals surface area (Å²) in [4.78, 5) is 26.9. The zero-order valence-electron chi connectivity index (χ0n) is 12.1. The van der Waals surface area contributed by atoms with Crippen LogP contribution >= 0.6 is 11.6 Å². The molecular formula is C18H13ClNO3-. The number of carbonyl (C=O) groups is 2. The van der Waals surface area contributed by atoms with Crippen LogP contribution in [0.25, 0.3) is 10.9 Å². The lowest BCUT2D eigenvalue weighted by atomic mass is 9.91. The van der Waals surface area contributed by atoms with Crippen molar-refractivity contribution in [2.24, 2.45) is 0 Å². The van der Waals surface area contributed by atoms with E-state index in [0.717, 1.165) is 10.9 Å². The highest BCUT2D eigenvalue weighted by Crippen LogP contribution is 2.29. The van der Waals surface area contributed by atoms with E-state index in [4.69, 9.17) is 11.6 Å². The van der Waals surface area contributed by atoms with E-state index in [1.54, 1.807) is 30.5 Å². The molecule has 0 spiro atoms. The van der Waals surface area contributed by atoms with E-state index >= 15 is 0 Å². The smallest absolute Gasteiger partial charge is 0.163 e. The maximum absolute atomic E-state index is 12.4. The number of carbonyl (C=O) groups excluding carboxylic acids is 2. The van der Waals surface area contributed by atoms with Crippen LogP contribution in [0.1, 0.15) is 28.3 Å². The topological polar surface area (TPSA) is 73.0 Å². The molecule has 0 saturated heterocycles. The standard InChI is InChI=1S/C18H14ClNO3/c19-12-7-5-11(6-8-12)17(21)9-14(18(22)23)15-10-20-16-4-2-1-3-13(15)16/h1-8,10,14,20H,9H2,(H,22,23)/p-1/t14-/m0/s1. The fourth-order valence-corrected chi connectivity index (χ4v) is 2.77. The van der Waals surface area contributed by atoms with Crippen molar-refractivity contribution >= 4 is 34.3 Å². The van der Waals surface area contributed by atoms with Crippen LogP contribution < -0.4 is 5.11 Å². The van der Waals surface area contributed by atoms with Gasteiger partial charge < -0.3 is 14.9 Å². The van der Waals surface area contributed by atoms with Gasteiger partial charge in [0.1, 0.15) is 0 Å². The number of H-pyrrole nitrogens is 1. The fraction of sp³-hybridized carbons (Fsp3) is 0.111. The normalized spacial score (nSPS) is 12.2. The third kappa shape index (κ3) is 3.12. The van der Waals surface area contributed by atoms with E-state index in [-0.39, 0.29) is 12.2 Å². The van der Waals surface area contributed by atoms with Crippen molar-refractivity contribution in [3.63, 3.8) is 0 Å². The molecule has 23 heavy (non-hydrogen) atoms. The predicted molar refractivity (Wildman–Crippen MR) is 86.4 cm³/mol. The van der Waals surface area contributed by atoms with Gasteiger partial charge in [0.15, 0.2) is 5.78 Å². The molecular weight excluding hydrogens is 314 g/mol. The molecule has 116 valence electrons. The summed E-state index contributed by atoms with van der Waals surface area (Å²) >= 11 is 5.80. The van der Waals surface area contributed by atoms with Crippen molar-refractivity contribution in [3.8, 4) is 0 Å². The van der Waals surface area contributed by atoms with Crippen molar-refractivity contribution in [2.45, 2.75) is 12.3 Å². The molecule has 3 rings (SSSR count). The van der Waals surface area contributed by atoms with Crippen LogP contribution in [0, 0.1) is 0 Å². The molecule has 0 saturated carbocycles. The first-order valence-electron chi connectivity index (χ1n) is 7.12. The summed E-state index contributed by atoms with van der Waals surface area (Å²) in [6, 6.07) is 13.8. The molecule has 0 bridgehead atoms. The summed E-state index contributed by atoms with van der Waals surface area (Å²) in [6.45, 7) is 0. The van der Waals surface area contributed by atoms with Gasteiger partial charge in [0.25, 0.3) is 0 Å². The van der Waals surface area contributed by atoms with Crippen molar-refractivity contribution in [3.05, 3.63) is 70.9 Å². The summed E-state index contributed by atoms with van der Waals surface area (Å²) in [5.74, 6) is -2.53. The molecule has 2 aromatic carbocycles. The number of rotatable bonds is 5. The Labute approximate surface area is 137 Å². The number of para-hydroxylation sites is 1. The molecule has 3 aromatic rings. The lowest BCUT2D eigenvalue weighted by Gasteiger charge is -2.17. The Morgan fingerprint density at radius 2 is 1.78 bits per heavy atom. The van der Waals surface area contributed by atoms with E-state index in [0.29, 0.717) is 16.1 Å². The van der Waals surface area contributed by atoms with Crippen LogP contribution in [-0.2, 0) is 4.79 Å². The highest BCUT2D eigenvalue weighted by Gasteiger charge is 2.21. The molecule has 4 nitrogen and oxygen atoms in total. The Hall–Kier alpha value is -2.59. The minimum Gasteiger partial charge on any atom is -0.549 e. The first-order chi connectivity index (χ1) is 11.1. The summed E-state index contributed by atoms with van der Waals surface area (Å²) in [7, 11) is 0. The highest BCUT2D eigenvalue weighted by atomic mass is 35.5. The number of nitrogens with one attached hydrogen (secondary N) is 1. The Morgan fingerprint density at radius 1 is 1.09 bits per heavy atom. The number of hydrogen-bond donors (Lipinski definition) is 1. The largest absolute Gasteiger partial charge is 0.549 e. The molecule has 1 aromatic heterocycles. The Kier molecular flexibility index (Phi) is 4.17. The van der Waals surface area contributed by atoms with Gasteiger partial charge >= 0.3 is 0 Å². The number of fused-ring (bicyclic) bond motifs is 1. The second kappa shape index (κ2) is 6.26. The monoisotopic (exact) mass is 326 g/mol. The van der Waals surface area contributed by atoms with Gasteiger partial charge in [0.05, 0.1) is 0 Å². The van der Waals surface area contributed by atoms with Crippen LogP contribution in [0.2, 0.25) is 5.02 Å². The molecule has 1 atom stereocenters. The summed E-state index contributed by atoms with van der Waals surface area (Å²) in [5.41, 5.74) is 1.82. The van der Waals surface area contributed by atoms with Gasteiger partial charge in [-0.3, -0.25) is 4.79 Å². The average Bonchev–Trinajstić information content (AvgIpc) is 2.96. The molecule has 0 amide bonds. The zero-order valence-corrected chi connectivity index (χ0v) is 12.8. The SMILES string of the molecule is O=C(C[C@H](C(=O)[O-])c1c[nH]c2ccccc12)c1ccc(Cl)cc1. The molecule has 1 heterocycles. The maximum atomic E-state index is 12.4. The fourth-order valence-electron chi connectivity index (χ4n) is 2.64. The third-order valence-electron chi connectivity index (χ3n) is 3.84. The Bertz CT molecular complexity index is 867. The third-order valence-corrected chi connectivity index (χ3v) is 4.09. The molecule has 5 heteroatoms. The molecule has 0 unspecified atom stereocenters. The van der Waals surface area contributed by atoms with Crippen LogP contribution in [0.5, 0.6) is 0 Å². The number of hydrogen-bond acceptors (Lipinski definition) is 3. The number of halogens is 1. The summed E-state index contributed by atoms with van der Waals surface area (Å²) in [6.07, 6.45) is 1.46. The van der Waals surface area contributed by atoms with Gasteiger partial charge in [0, 0.05) is 46.0 Å². The van der Waals surface area contributed by atoms with Crippen molar-refractivity contribution in [2.75, 3.05) is 0 Å². The van der Waals surface area contributed by atoms with Crippen LogP contribution in [0.15, 0.2) is 54.7 Å². The van der Waals surface area contributed by atoms with E-state index in [1.165, 1.54) is 0 Å². The van der Waals surface area contributed by atoms with Gasteiger partial charge in [-0.2, -0.15) is 0 Å². The lowest BCUT2D eigenvalue weighted by molar-refractivity contribution is -0.307. The quantitative estimate of drug-likeness (QED) is 0.733. The first kappa shape index (κ1) is 15.3. The number of Topliss-reactive ketones (excluding diaryl/α,β-unsaturated/α-hetero) is 1. The summed E-state index contributed by atoms with van der Waals surface area (Å²) < 4.78 is 0. The first-order valence-corrected chi connectivity index (χ1v) is 7.49. The molecule has 0 aliphatic carbocycles. The number of aromatic nitrogens is 1.